The summed E-state index contributed by atoms with van der Waals surface area (Å²) in [5.41, 5.74) is -0.248. The van der Waals surface area contributed by atoms with Gasteiger partial charge in [-0.25, -0.2) is 0 Å². The molecule has 0 saturated carbocycles. The molecule has 1 aliphatic rings. The van der Waals surface area contributed by atoms with E-state index in [9.17, 15) is 0 Å². The van der Waals surface area contributed by atoms with Gasteiger partial charge in [-0.15, -0.1) is 11.6 Å². The monoisotopic (exact) mass is 140 g/mol. The van der Waals surface area contributed by atoms with Crippen molar-refractivity contribution >= 4 is 23.2 Å². The zero-order chi connectivity index (χ0) is 5.28. The van der Waals surface area contributed by atoms with Crippen LogP contribution in [0.2, 0.25) is 0 Å². The number of hydrogen-bond acceptors (Lipinski definition) is 1. The molecule has 0 aromatic heterocycles. The molecule has 3 heteroatoms. The lowest BCUT2D eigenvalue weighted by molar-refractivity contribution is 0.169. The van der Waals surface area contributed by atoms with Crippen LogP contribution in [-0.2, 0) is 4.74 Å². The van der Waals surface area contributed by atoms with Crippen molar-refractivity contribution in [1.29, 1.82) is 0 Å². The third-order valence-corrected chi connectivity index (χ3v) is 1.96. The van der Waals surface area contributed by atoms with Crippen molar-refractivity contribution in [2.45, 2.75) is 17.4 Å². The van der Waals surface area contributed by atoms with E-state index in [4.69, 9.17) is 27.9 Å². The van der Waals surface area contributed by atoms with Crippen LogP contribution in [0.15, 0.2) is 0 Å². The maximum absolute atomic E-state index is 5.61. The molecule has 0 aromatic carbocycles. The molecule has 0 aliphatic carbocycles. The first-order valence-corrected chi connectivity index (χ1v) is 3.08. The molecule has 1 saturated heterocycles. The summed E-state index contributed by atoms with van der Waals surface area (Å²) in [7, 11) is 0. The first kappa shape index (κ1) is 5.67. The first-order valence-electron chi connectivity index (χ1n) is 2.20. The number of halogens is 2. The second-order valence-corrected chi connectivity index (χ2v) is 2.52. The molecule has 42 valence electrons. The van der Waals surface area contributed by atoms with Gasteiger partial charge in [0.15, 0.2) is 0 Å². The maximum Gasteiger partial charge on any atom is 0.147 e. The maximum atomic E-state index is 5.61. The molecule has 7 heavy (non-hydrogen) atoms. The molecule has 0 radical (unpaired) electrons. The summed E-state index contributed by atoms with van der Waals surface area (Å²) in [6.07, 6.45) is 0.885. The largest absolute Gasteiger partial charge is 0.361 e. The van der Waals surface area contributed by atoms with Gasteiger partial charge in [-0.1, -0.05) is 11.6 Å². The molecular formula is C4H6Cl2O. The first-order chi connectivity index (χ1) is 3.30. The summed E-state index contributed by atoms with van der Waals surface area (Å²) in [6, 6.07) is 0. The topological polar surface area (TPSA) is 9.23 Å². The lowest BCUT2D eigenvalue weighted by Crippen LogP contribution is -2.05. The smallest absolute Gasteiger partial charge is 0.147 e. The Morgan fingerprint density at radius 2 is 2.14 bits per heavy atom. The van der Waals surface area contributed by atoms with E-state index in [0.29, 0.717) is 6.61 Å². The van der Waals surface area contributed by atoms with E-state index in [-0.39, 0.29) is 10.9 Å². The van der Waals surface area contributed by atoms with Crippen LogP contribution < -0.4 is 0 Å². The SMILES string of the molecule is Cl[C@H]1CCO[C@@H]1Cl. The minimum atomic E-state index is -0.248. The zero-order valence-corrected chi connectivity index (χ0v) is 5.24. The van der Waals surface area contributed by atoms with Crippen molar-refractivity contribution in [2.75, 3.05) is 6.61 Å². The fourth-order valence-corrected chi connectivity index (χ4v) is 0.906. The molecule has 1 nitrogen and oxygen atoms in total. The molecule has 0 unspecified atom stereocenters. The molecule has 0 N–H and O–H groups in total. The number of alkyl halides is 2. The van der Waals surface area contributed by atoms with Crippen molar-refractivity contribution in [3.63, 3.8) is 0 Å². The van der Waals surface area contributed by atoms with Gasteiger partial charge in [-0.3, -0.25) is 0 Å². The highest BCUT2D eigenvalue weighted by Gasteiger charge is 2.22. The van der Waals surface area contributed by atoms with Crippen molar-refractivity contribution in [3.8, 4) is 0 Å². The predicted octanol–water partition coefficient (Wildman–Crippen LogP) is 1.58. The van der Waals surface area contributed by atoms with Gasteiger partial charge < -0.3 is 4.74 Å². The third kappa shape index (κ3) is 1.21. The van der Waals surface area contributed by atoms with E-state index in [1.54, 1.807) is 0 Å². The second kappa shape index (κ2) is 2.21. The average molecular weight is 141 g/mol. The van der Waals surface area contributed by atoms with Crippen molar-refractivity contribution in [1.82, 2.24) is 0 Å². The van der Waals surface area contributed by atoms with E-state index >= 15 is 0 Å². The zero-order valence-electron chi connectivity index (χ0n) is 3.73. The molecule has 1 rings (SSSR count). The molecule has 1 aliphatic heterocycles. The van der Waals surface area contributed by atoms with E-state index in [0.717, 1.165) is 6.42 Å². The summed E-state index contributed by atoms with van der Waals surface area (Å²) in [4.78, 5) is 0. The normalized spacial score (nSPS) is 42.0. The average Bonchev–Trinajstić information content (AvgIpc) is 1.91. The van der Waals surface area contributed by atoms with Crippen molar-refractivity contribution < 1.29 is 4.74 Å². The summed E-state index contributed by atoms with van der Waals surface area (Å²) >= 11 is 11.1. The predicted molar refractivity (Wildman–Crippen MR) is 29.9 cm³/mol. The van der Waals surface area contributed by atoms with Gasteiger partial charge in [0, 0.05) is 0 Å². The molecular weight excluding hydrogens is 135 g/mol. The van der Waals surface area contributed by atoms with Crippen molar-refractivity contribution in [3.05, 3.63) is 0 Å². The number of rotatable bonds is 0. The fraction of sp³-hybridized carbons (Fsp3) is 1.00. The highest BCUT2D eigenvalue weighted by Crippen LogP contribution is 2.21. The Kier molecular flexibility index (Phi) is 1.79. The summed E-state index contributed by atoms with van der Waals surface area (Å²) < 4.78 is 4.90. The van der Waals surface area contributed by atoms with Gasteiger partial charge in [0.05, 0.1) is 12.0 Å². The van der Waals surface area contributed by atoms with E-state index < -0.39 is 0 Å². The summed E-state index contributed by atoms with van der Waals surface area (Å²) in [6.45, 7) is 0.711. The minimum absolute atomic E-state index is 0.0293. The lowest BCUT2D eigenvalue weighted by atomic mass is 10.4. The number of hydrogen-bond donors (Lipinski definition) is 0. The molecule has 1 fully saturated rings. The Hall–Kier alpha value is 0.540. The van der Waals surface area contributed by atoms with Crippen LogP contribution in [0, 0.1) is 0 Å². The Bertz CT molecular complexity index is 58.7. The Morgan fingerprint density at radius 3 is 2.29 bits per heavy atom. The highest BCUT2D eigenvalue weighted by atomic mass is 35.5. The van der Waals surface area contributed by atoms with E-state index in [1.165, 1.54) is 0 Å². The van der Waals surface area contributed by atoms with Crippen molar-refractivity contribution in [2.24, 2.45) is 0 Å². The fourth-order valence-electron chi connectivity index (χ4n) is 0.529. The standard InChI is InChI=1S/C4H6Cl2O/c5-3-1-2-7-4(3)6/h3-4H,1-2H2/t3-,4-/m0/s1. The van der Waals surface area contributed by atoms with Gasteiger partial charge >= 0.3 is 0 Å². The quantitative estimate of drug-likeness (QED) is 0.465. The van der Waals surface area contributed by atoms with Gasteiger partial charge in [-0.2, -0.15) is 0 Å². The van der Waals surface area contributed by atoms with Gasteiger partial charge in [-0.05, 0) is 6.42 Å². The van der Waals surface area contributed by atoms with Gasteiger partial charge in [0.25, 0.3) is 0 Å². The molecule has 0 bridgehead atoms. The minimum Gasteiger partial charge on any atom is -0.361 e. The van der Waals surface area contributed by atoms with Crippen LogP contribution in [0.3, 0.4) is 0 Å². The summed E-state index contributed by atoms with van der Waals surface area (Å²) in [5, 5.41) is 0.0293. The lowest BCUT2D eigenvalue weighted by Gasteiger charge is -1.99. The Balaban J connectivity index is 2.33. The van der Waals surface area contributed by atoms with Crippen LogP contribution in [0.1, 0.15) is 6.42 Å². The van der Waals surface area contributed by atoms with Gasteiger partial charge in [0.2, 0.25) is 0 Å². The van der Waals surface area contributed by atoms with E-state index in [1.807, 2.05) is 0 Å². The third-order valence-electron chi connectivity index (χ3n) is 0.955. The Morgan fingerprint density at radius 1 is 1.43 bits per heavy atom. The van der Waals surface area contributed by atoms with Gasteiger partial charge in [0.1, 0.15) is 5.56 Å². The molecule has 0 aromatic rings. The Labute approximate surface area is 52.5 Å². The van der Waals surface area contributed by atoms with Crippen LogP contribution >= 0.6 is 23.2 Å². The molecule has 2 atom stereocenters. The van der Waals surface area contributed by atoms with Crippen LogP contribution in [-0.4, -0.2) is 17.5 Å². The highest BCUT2D eigenvalue weighted by molar-refractivity contribution is 6.29. The van der Waals surface area contributed by atoms with E-state index in [2.05, 4.69) is 0 Å². The molecule has 0 amide bonds. The van der Waals surface area contributed by atoms with Crippen LogP contribution in [0.4, 0.5) is 0 Å². The second-order valence-electron chi connectivity index (χ2n) is 1.53. The van der Waals surface area contributed by atoms with Crippen LogP contribution in [0.5, 0.6) is 0 Å². The number of ether oxygens (including phenoxy) is 1. The summed E-state index contributed by atoms with van der Waals surface area (Å²) in [5.74, 6) is 0. The molecule has 0 spiro atoms. The molecule has 1 heterocycles. The van der Waals surface area contributed by atoms with Crippen LogP contribution in [0.25, 0.3) is 0 Å².